The minimum Gasteiger partial charge on any atom is -0.202 e. The average molecular weight is 431 g/mol. The molecule has 0 fully saturated rings. The maximum atomic E-state index is 2.49. The van der Waals surface area contributed by atoms with Crippen molar-refractivity contribution < 1.29 is 4.57 Å². The maximum Gasteiger partial charge on any atom is 0.169 e. The van der Waals surface area contributed by atoms with Gasteiger partial charge >= 0.3 is 0 Å². The summed E-state index contributed by atoms with van der Waals surface area (Å²) in [6, 6.07) is 7.26. The van der Waals surface area contributed by atoms with Crippen LogP contribution in [0, 0.1) is 0 Å². The summed E-state index contributed by atoms with van der Waals surface area (Å²) < 4.78 is 2.49. The van der Waals surface area contributed by atoms with Gasteiger partial charge in [0.05, 0.1) is 0 Å². The predicted molar refractivity (Wildman–Crippen MR) is 139 cm³/mol. The zero-order valence-corrected chi connectivity index (χ0v) is 21.5. The van der Waals surface area contributed by atoms with Gasteiger partial charge in [-0.25, -0.2) is 4.57 Å². The lowest BCUT2D eigenvalue weighted by Gasteiger charge is -2.13. The summed E-state index contributed by atoms with van der Waals surface area (Å²) in [5.74, 6) is 0. The van der Waals surface area contributed by atoms with Crippen molar-refractivity contribution in [1.82, 2.24) is 0 Å². The first-order valence-electron chi connectivity index (χ1n) is 14.3. The van der Waals surface area contributed by atoms with Crippen molar-refractivity contribution >= 4 is 0 Å². The van der Waals surface area contributed by atoms with Crippen LogP contribution in [-0.4, -0.2) is 0 Å². The van der Waals surface area contributed by atoms with Crippen LogP contribution in [0.4, 0.5) is 0 Å². The average Bonchev–Trinajstić information content (AvgIpc) is 2.80. The second-order valence-corrected chi connectivity index (χ2v) is 9.92. The van der Waals surface area contributed by atoms with E-state index in [9.17, 15) is 0 Å². The number of aromatic nitrogens is 1. The van der Waals surface area contributed by atoms with Crippen LogP contribution in [0.3, 0.4) is 0 Å². The van der Waals surface area contributed by atoms with Gasteiger partial charge in [0.2, 0.25) is 0 Å². The SMILES string of the molecule is CCCCCCCCCCCCCC(CCCCCCCCCCC)[n+]1ccccc1. The molecule has 0 aliphatic rings. The molecule has 1 rings (SSSR count). The normalized spacial score (nSPS) is 12.3. The van der Waals surface area contributed by atoms with Crippen LogP contribution in [0.5, 0.6) is 0 Å². The molecule has 0 radical (unpaired) electrons. The Morgan fingerprint density at radius 3 is 1.10 bits per heavy atom. The van der Waals surface area contributed by atoms with Gasteiger partial charge in [0.1, 0.15) is 0 Å². The topological polar surface area (TPSA) is 3.88 Å². The second-order valence-electron chi connectivity index (χ2n) is 9.92. The molecule has 0 saturated heterocycles. The molecule has 0 N–H and O–H groups in total. The van der Waals surface area contributed by atoms with E-state index in [0.29, 0.717) is 6.04 Å². The molecule has 0 bridgehead atoms. The van der Waals surface area contributed by atoms with Gasteiger partial charge in [-0.05, 0) is 12.8 Å². The Hall–Kier alpha value is -0.850. The summed E-state index contributed by atoms with van der Waals surface area (Å²) in [5, 5.41) is 0. The number of nitrogens with zero attached hydrogens (tertiary/aromatic N) is 1. The van der Waals surface area contributed by atoms with E-state index in [1.165, 1.54) is 141 Å². The molecule has 1 aromatic heterocycles. The molecule has 1 heteroatoms. The predicted octanol–water partition coefficient (Wildman–Crippen LogP) is 10.1. The maximum absolute atomic E-state index is 2.49. The first-order valence-corrected chi connectivity index (χ1v) is 14.3. The Morgan fingerprint density at radius 1 is 0.419 bits per heavy atom. The third kappa shape index (κ3) is 17.4. The van der Waals surface area contributed by atoms with Gasteiger partial charge in [-0.2, -0.15) is 0 Å². The minimum absolute atomic E-state index is 0.712. The third-order valence-corrected chi connectivity index (χ3v) is 6.94. The van der Waals surface area contributed by atoms with Crippen LogP contribution in [0.25, 0.3) is 0 Å². The van der Waals surface area contributed by atoms with Crippen molar-refractivity contribution in [2.45, 2.75) is 161 Å². The molecule has 1 unspecified atom stereocenters. The van der Waals surface area contributed by atoms with Gasteiger partial charge in [-0.3, -0.25) is 0 Å². The fourth-order valence-electron chi connectivity index (χ4n) is 4.83. The molecule has 0 saturated carbocycles. The number of unbranched alkanes of at least 4 members (excludes halogenated alkanes) is 18. The molecule has 1 atom stereocenters. The molecule has 1 heterocycles. The Morgan fingerprint density at radius 2 is 0.742 bits per heavy atom. The molecule has 1 nitrogen and oxygen atoms in total. The summed E-state index contributed by atoms with van der Waals surface area (Å²) >= 11 is 0. The van der Waals surface area contributed by atoms with E-state index in [1.54, 1.807) is 0 Å². The molecule has 180 valence electrons. The monoisotopic (exact) mass is 430 g/mol. The van der Waals surface area contributed by atoms with E-state index >= 15 is 0 Å². The Labute approximate surface area is 196 Å². The highest BCUT2D eigenvalue weighted by molar-refractivity contribution is 4.84. The quantitative estimate of drug-likeness (QED) is 0.120. The van der Waals surface area contributed by atoms with Gasteiger partial charge < -0.3 is 0 Å². The molecule has 0 aliphatic heterocycles. The third-order valence-electron chi connectivity index (χ3n) is 6.94. The van der Waals surface area contributed by atoms with Crippen LogP contribution in [-0.2, 0) is 0 Å². The largest absolute Gasteiger partial charge is 0.202 e. The number of rotatable bonds is 23. The van der Waals surface area contributed by atoms with E-state index < -0.39 is 0 Å². The summed E-state index contributed by atoms with van der Waals surface area (Å²) in [7, 11) is 0. The van der Waals surface area contributed by atoms with Crippen LogP contribution >= 0.6 is 0 Å². The zero-order valence-electron chi connectivity index (χ0n) is 21.5. The fourth-order valence-corrected chi connectivity index (χ4v) is 4.83. The van der Waals surface area contributed by atoms with Gasteiger partial charge in [0.25, 0.3) is 0 Å². The molecule has 0 spiro atoms. The first kappa shape index (κ1) is 28.2. The van der Waals surface area contributed by atoms with Crippen LogP contribution in [0.1, 0.15) is 161 Å². The van der Waals surface area contributed by atoms with Gasteiger partial charge in [-0.15, -0.1) is 0 Å². The summed E-state index contributed by atoms with van der Waals surface area (Å²) in [4.78, 5) is 0. The lowest BCUT2D eigenvalue weighted by atomic mass is 9.99. The van der Waals surface area contributed by atoms with Crippen LogP contribution < -0.4 is 4.57 Å². The lowest BCUT2D eigenvalue weighted by Crippen LogP contribution is -2.38. The van der Waals surface area contributed by atoms with E-state index in [4.69, 9.17) is 0 Å². The second kappa shape index (κ2) is 22.3. The Kier molecular flexibility index (Phi) is 20.3. The molecular weight excluding hydrogens is 374 g/mol. The van der Waals surface area contributed by atoms with E-state index in [1.807, 2.05) is 0 Å². The van der Waals surface area contributed by atoms with Crippen molar-refractivity contribution in [3.05, 3.63) is 30.6 Å². The van der Waals surface area contributed by atoms with Crippen LogP contribution in [0.2, 0.25) is 0 Å². The van der Waals surface area contributed by atoms with Crippen LogP contribution in [0.15, 0.2) is 30.6 Å². The summed E-state index contributed by atoms with van der Waals surface area (Å²) in [5.41, 5.74) is 0. The summed E-state index contributed by atoms with van der Waals surface area (Å²) in [6.45, 7) is 4.61. The molecular formula is C30H56N+. The van der Waals surface area contributed by atoms with Crippen molar-refractivity contribution in [1.29, 1.82) is 0 Å². The lowest BCUT2D eigenvalue weighted by molar-refractivity contribution is -0.724. The van der Waals surface area contributed by atoms with Gasteiger partial charge in [0.15, 0.2) is 18.4 Å². The van der Waals surface area contributed by atoms with Gasteiger partial charge in [0, 0.05) is 25.0 Å². The fraction of sp³-hybridized carbons (Fsp3) is 0.833. The first-order chi connectivity index (χ1) is 15.4. The van der Waals surface area contributed by atoms with E-state index in [-0.39, 0.29) is 0 Å². The Bertz CT molecular complexity index is 455. The smallest absolute Gasteiger partial charge is 0.169 e. The Balaban J connectivity index is 2.09. The number of pyridine rings is 1. The molecule has 31 heavy (non-hydrogen) atoms. The highest BCUT2D eigenvalue weighted by Crippen LogP contribution is 2.20. The highest BCUT2D eigenvalue weighted by Gasteiger charge is 2.16. The van der Waals surface area contributed by atoms with Crippen molar-refractivity contribution in [2.75, 3.05) is 0 Å². The number of hydrogen-bond donors (Lipinski definition) is 0. The van der Waals surface area contributed by atoms with E-state index in [2.05, 4.69) is 49.0 Å². The standard InChI is InChI=1S/C30H56N/c1-3-5-7-9-11-13-14-16-18-20-23-27-30(31-28-24-21-25-29-31)26-22-19-17-15-12-10-8-6-4-2/h21,24-25,28-30H,3-20,22-23,26-27H2,1-2H3/q+1. The van der Waals surface area contributed by atoms with E-state index in [0.717, 1.165) is 0 Å². The molecule has 1 aromatic rings. The van der Waals surface area contributed by atoms with Crippen molar-refractivity contribution in [3.8, 4) is 0 Å². The zero-order chi connectivity index (χ0) is 22.2. The van der Waals surface area contributed by atoms with Crippen molar-refractivity contribution in [2.24, 2.45) is 0 Å². The molecule has 0 aliphatic carbocycles. The molecule has 0 aromatic carbocycles. The van der Waals surface area contributed by atoms with Crippen molar-refractivity contribution in [3.63, 3.8) is 0 Å². The van der Waals surface area contributed by atoms with Gasteiger partial charge in [-0.1, -0.05) is 135 Å². The highest BCUT2D eigenvalue weighted by atomic mass is 15.0. The number of hydrogen-bond acceptors (Lipinski definition) is 0. The summed E-state index contributed by atoms with van der Waals surface area (Å²) in [6.07, 6.45) is 36.0. The molecule has 0 amide bonds. The minimum atomic E-state index is 0.712.